The standard InChI is InChI=1S/C17H11Br2N3O4/c18-8-5-9-14(10(19)6-8)20-17(24)15(9)21-22-16(23)13-7-25-11-3-1-2-4-12(11)26-13/h1-6,13,20,24H,7H2. The van der Waals surface area contributed by atoms with Gasteiger partial charge < -0.3 is 19.6 Å². The maximum Gasteiger partial charge on any atom is 0.308 e. The Morgan fingerprint density at radius 3 is 2.81 bits per heavy atom. The van der Waals surface area contributed by atoms with E-state index in [9.17, 15) is 9.90 Å². The van der Waals surface area contributed by atoms with Crippen molar-refractivity contribution >= 4 is 54.4 Å². The van der Waals surface area contributed by atoms with Gasteiger partial charge in [0, 0.05) is 14.3 Å². The lowest BCUT2D eigenvalue weighted by Crippen LogP contribution is -2.35. The summed E-state index contributed by atoms with van der Waals surface area (Å²) in [5.74, 6) is 0.288. The van der Waals surface area contributed by atoms with Crippen molar-refractivity contribution in [1.82, 2.24) is 4.98 Å². The van der Waals surface area contributed by atoms with Crippen LogP contribution in [0.4, 0.5) is 5.69 Å². The van der Waals surface area contributed by atoms with Gasteiger partial charge in [-0.1, -0.05) is 28.1 Å². The third-order valence-corrected chi connectivity index (χ3v) is 4.89. The number of halogens is 2. The number of hydrogen-bond donors (Lipinski definition) is 2. The minimum atomic E-state index is -0.889. The second kappa shape index (κ2) is 6.73. The van der Waals surface area contributed by atoms with E-state index < -0.39 is 12.0 Å². The number of aromatic nitrogens is 1. The molecule has 4 rings (SSSR count). The molecule has 9 heteroatoms. The minimum Gasteiger partial charge on any atom is -0.493 e. The van der Waals surface area contributed by atoms with Gasteiger partial charge in [-0.2, -0.15) is 0 Å². The Balaban J connectivity index is 1.60. The number of ether oxygens (including phenoxy) is 2. The van der Waals surface area contributed by atoms with Crippen LogP contribution in [-0.4, -0.2) is 28.7 Å². The number of amides is 1. The molecule has 0 saturated heterocycles. The predicted octanol–water partition coefficient (Wildman–Crippen LogP) is 4.85. The predicted molar refractivity (Wildman–Crippen MR) is 101 cm³/mol. The fraction of sp³-hybridized carbons (Fsp3) is 0.118. The lowest BCUT2D eigenvalue weighted by atomic mass is 10.2. The first kappa shape index (κ1) is 17.0. The van der Waals surface area contributed by atoms with Gasteiger partial charge in [0.15, 0.2) is 17.2 Å². The van der Waals surface area contributed by atoms with Crippen LogP contribution >= 0.6 is 31.9 Å². The van der Waals surface area contributed by atoms with Crippen molar-refractivity contribution in [3.63, 3.8) is 0 Å². The highest BCUT2D eigenvalue weighted by molar-refractivity contribution is 9.11. The van der Waals surface area contributed by atoms with Crippen molar-refractivity contribution in [2.24, 2.45) is 10.2 Å². The van der Waals surface area contributed by atoms with E-state index in [1.165, 1.54) is 0 Å². The number of rotatable bonds is 2. The number of para-hydroxylation sites is 2. The lowest BCUT2D eigenvalue weighted by Gasteiger charge is -2.23. The number of nitrogens with one attached hydrogen (secondary N) is 1. The molecule has 0 radical (unpaired) electrons. The summed E-state index contributed by atoms with van der Waals surface area (Å²) in [4.78, 5) is 15.1. The molecular weight excluding hydrogens is 470 g/mol. The Bertz CT molecular complexity index is 1050. The zero-order chi connectivity index (χ0) is 18.3. The van der Waals surface area contributed by atoms with E-state index in [0.717, 1.165) is 8.95 Å². The van der Waals surface area contributed by atoms with Gasteiger partial charge in [-0.15, -0.1) is 10.2 Å². The summed E-state index contributed by atoms with van der Waals surface area (Å²) in [5, 5.41) is 18.3. The first-order chi connectivity index (χ1) is 12.5. The van der Waals surface area contributed by atoms with Gasteiger partial charge in [-0.05, 0) is 40.2 Å². The highest BCUT2D eigenvalue weighted by Gasteiger charge is 2.27. The number of hydrogen-bond acceptors (Lipinski definition) is 5. The van der Waals surface area contributed by atoms with Gasteiger partial charge in [-0.25, -0.2) is 0 Å². The van der Waals surface area contributed by atoms with E-state index in [1.54, 1.807) is 24.3 Å². The highest BCUT2D eigenvalue weighted by atomic mass is 79.9. The van der Waals surface area contributed by atoms with Crippen molar-refractivity contribution in [2.75, 3.05) is 6.61 Å². The van der Waals surface area contributed by atoms with Crippen LogP contribution in [0.5, 0.6) is 17.4 Å². The summed E-state index contributed by atoms with van der Waals surface area (Å²) in [6.45, 7) is 0.0475. The second-order valence-electron chi connectivity index (χ2n) is 5.53. The smallest absolute Gasteiger partial charge is 0.308 e. The molecule has 7 nitrogen and oxygen atoms in total. The van der Waals surface area contributed by atoms with Crippen LogP contribution < -0.4 is 9.47 Å². The molecule has 1 aromatic heterocycles. The van der Waals surface area contributed by atoms with Crippen LogP contribution in [0.1, 0.15) is 0 Å². The molecule has 0 bridgehead atoms. The number of benzene rings is 2. The number of H-pyrrole nitrogens is 1. The summed E-state index contributed by atoms with van der Waals surface area (Å²) in [6.07, 6.45) is -0.889. The molecule has 132 valence electrons. The molecule has 3 aromatic rings. The molecule has 2 N–H and O–H groups in total. The average Bonchev–Trinajstić information content (AvgIpc) is 2.95. The monoisotopic (exact) mass is 479 g/mol. The fourth-order valence-electron chi connectivity index (χ4n) is 2.60. The normalized spacial score (nSPS) is 16.3. The fourth-order valence-corrected chi connectivity index (χ4v) is 3.92. The minimum absolute atomic E-state index is 0.0475. The average molecular weight is 481 g/mol. The molecule has 1 aliphatic rings. The van der Waals surface area contributed by atoms with Crippen LogP contribution in [0.3, 0.4) is 0 Å². The number of nitrogens with zero attached hydrogens (tertiary/aromatic N) is 2. The summed E-state index contributed by atoms with van der Waals surface area (Å²) >= 11 is 6.79. The van der Waals surface area contributed by atoms with Crippen LogP contribution in [-0.2, 0) is 4.79 Å². The van der Waals surface area contributed by atoms with Crippen molar-refractivity contribution < 1.29 is 19.4 Å². The largest absolute Gasteiger partial charge is 0.493 e. The van der Waals surface area contributed by atoms with E-state index >= 15 is 0 Å². The quantitative estimate of drug-likeness (QED) is 0.512. The third-order valence-electron chi connectivity index (χ3n) is 3.81. The molecule has 0 saturated carbocycles. The van der Waals surface area contributed by atoms with Gasteiger partial charge in [0.05, 0.1) is 5.52 Å². The van der Waals surface area contributed by atoms with E-state index in [0.29, 0.717) is 22.4 Å². The second-order valence-corrected chi connectivity index (χ2v) is 7.30. The summed E-state index contributed by atoms with van der Waals surface area (Å²) in [6, 6.07) is 10.7. The number of aromatic amines is 1. The van der Waals surface area contributed by atoms with Gasteiger partial charge in [0.25, 0.3) is 0 Å². The Hall–Kier alpha value is -2.39. The highest BCUT2D eigenvalue weighted by Crippen LogP contribution is 2.40. The first-order valence-corrected chi connectivity index (χ1v) is 9.15. The molecule has 0 spiro atoms. The van der Waals surface area contributed by atoms with E-state index in [2.05, 4.69) is 47.1 Å². The van der Waals surface area contributed by atoms with Crippen LogP contribution in [0.25, 0.3) is 10.9 Å². The molecule has 1 unspecified atom stereocenters. The Morgan fingerprint density at radius 1 is 1.23 bits per heavy atom. The van der Waals surface area contributed by atoms with Crippen molar-refractivity contribution in [2.45, 2.75) is 6.10 Å². The van der Waals surface area contributed by atoms with E-state index in [-0.39, 0.29) is 18.2 Å². The topological polar surface area (TPSA) is 96.3 Å². The molecule has 0 fully saturated rings. The van der Waals surface area contributed by atoms with E-state index in [4.69, 9.17) is 9.47 Å². The number of azo groups is 1. The summed E-state index contributed by atoms with van der Waals surface area (Å²) < 4.78 is 12.6. The number of carbonyl (C=O) groups is 1. The SMILES string of the molecule is O=C(N=Nc1c(O)[nH]c2c(Br)cc(Br)cc12)C1COc2ccccc2O1. The first-order valence-electron chi connectivity index (χ1n) is 7.56. The molecule has 2 aromatic carbocycles. The number of carbonyl (C=O) groups excluding carboxylic acids is 1. The van der Waals surface area contributed by atoms with Crippen LogP contribution in [0.2, 0.25) is 0 Å². The lowest BCUT2D eigenvalue weighted by molar-refractivity contribution is -0.127. The molecule has 1 atom stereocenters. The van der Waals surface area contributed by atoms with Gasteiger partial charge in [0.2, 0.25) is 12.0 Å². The molecule has 1 amide bonds. The van der Waals surface area contributed by atoms with Gasteiger partial charge in [0.1, 0.15) is 6.61 Å². The molecule has 0 aliphatic carbocycles. The zero-order valence-corrected chi connectivity index (χ0v) is 16.2. The van der Waals surface area contributed by atoms with Crippen LogP contribution in [0.15, 0.2) is 55.6 Å². The molecular formula is C17H11Br2N3O4. The Morgan fingerprint density at radius 2 is 2.00 bits per heavy atom. The molecule has 26 heavy (non-hydrogen) atoms. The summed E-state index contributed by atoms with van der Waals surface area (Å²) in [5.41, 5.74) is 0.825. The maximum atomic E-state index is 12.3. The van der Waals surface area contributed by atoms with E-state index in [1.807, 2.05) is 12.1 Å². The van der Waals surface area contributed by atoms with Crippen molar-refractivity contribution in [3.8, 4) is 17.4 Å². The summed E-state index contributed by atoms with van der Waals surface area (Å²) in [7, 11) is 0. The molecule has 1 aliphatic heterocycles. The zero-order valence-electron chi connectivity index (χ0n) is 13.1. The van der Waals surface area contributed by atoms with Gasteiger partial charge in [-0.3, -0.25) is 4.79 Å². The van der Waals surface area contributed by atoms with Gasteiger partial charge >= 0.3 is 5.91 Å². The Kier molecular flexibility index (Phi) is 4.41. The third kappa shape index (κ3) is 3.08. The maximum absolute atomic E-state index is 12.3. The number of fused-ring (bicyclic) bond motifs is 2. The van der Waals surface area contributed by atoms with Crippen LogP contribution in [0, 0.1) is 0 Å². The molecule has 2 heterocycles. The number of aromatic hydroxyl groups is 1. The van der Waals surface area contributed by atoms with Crippen molar-refractivity contribution in [3.05, 3.63) is 45.3 Å². The van der Waals surface area contributed by atoms with Crippen molar-refractivity contribution in [1.29, 1.82) is 0 Å². The Labute approximate surface area is 164 Å².